The molecule has 0 aliphatic heterocycles. The summed E-state index contributed by atoms with van der Waals surface area (Å²) in [4.78, 5) is 29.5. The molecule has 0 spiro atoms. The van der Waals surface area contributed by atoms with Crippen LogP contribution >= 0.6 is 34.8 Å². The third-order valence-electron chi connectivity index (χ3n) is 4.84. The van der Waals surface area contributed by atoms with Crippen molar-refractivity contribution in [3.63, 3.8) is 0 Å². The summed E-state index contributed by atoms with van der Waals surface area (Å²) in [5, 5.41) is 11.4. The Hall–Kier alpha value is -3.37. The fourth-order valence-corrected chi connectivity index (χ4v) is 3.88. The first-order valence-corrected chi connectivity index (χ1v) is 10.5. The second kappa shape index (κ2) is 9.01. The number of carbonyl (C=O) groups excluding carboxylic acids is 2. The lowest BCUT2D eigenvalue weighted by Crippen LogP contribution is -2.23. The number of benzene rings is 1. The van der Waals surface area contributed by atoms with Crippen molar-refractivity contribution in [2.75, 3.05) is 5.32 Å². The van der Waals surface area contributed by atoms with E-state index in [1.807, 2.05) is 28.8 Å². The van der Waals surface area contributed by atoms with Gasteiger partial charge in [-0.15, -0.1) is 0 Å². The van der Waals surface area contributed by atoms with E-state index >= 15 is 0 Å². The number of anilines is 1. The summed E-state index contributed by atoms with van der Waals surface area (Å²) in [5.74, 6) is -1.66. The van der Waals surface area contributed by atoms with Crippen molar-refractivity contribution >= 4 is 57.7 Å². The highest BCUT2D eigenvalue weighted by molar-refractivity contribution is 6.51. The Labute approximate surface area is 198 Å². The van der Waals surface area contributed by atoms with Gasteiger partial charge in [-0.1, -0.05) is 53.0 Å². The van der Waals surface area contributed by atoms with E-state index in [4.69, 9.17) is 40.1 Å². The van der Waals surface area contributed by atoms with Gasteiger partial charge in [0.2, 0.25) is 0 Å². The molecule has 9 heteroatoms. The normalized spacial score (nSPS) is 10.7. The van der Waals surface area contributed by atoms with E-state index < -0.39 is 11.7 Å². The number of carbonyl (C=O) groups is 2. The van der Waals surface area contributed by atoms with Gasteiger partial charge in [-0.2, -0.15) is 5.26 Å². The maximum absolute atomic E-state index is 13.0. The molecule has 1 N–H and O–H groups in total. The minimum absolute atomic E-state index is 0.0213. The van der Waals surface area contributed by atoms with Gasteiger partial charge in [0.05, 0.1) is 33.4 Å². The summed E-state index contributed by atoms with van der Waals surface area (Å²) in [6.45, 7) is 0. The van der Waals surface area contributed by atoms with Crippen molar-refractivity contribution in [2.45, 2.75) is 6.42 Å². The van der Waals surface area contributed by atoms with Crippen LogP contribution in [-0.4, -0.2) is 21.1 Å². The monoisotopic (exact) mass is 482 g/mol. The quantitative estimate of drug-likeness (QED) is 0.228. The lowest BCUT2D eigenvalue weighted by molar-refractivity contribution is -0.112. The number of Topliss-reactive ketones (excluding diaryl/α,β-unsaturated/α-hetero) is 1. The van der Waals surface area contributed by atoms with Gasteiger partial charge >= 0.3 is 0 Å². The van der Waals surface area contributed by atoms with Crippen LogP contribution in [0.15, 0.2) is 60.9 Å². The van der Waals surface area contributed by atoms with Crippen LogP contribution in [0, 0.1) is 11.3 Å². The molecule has 1 amide bonds. The number of nitrogens with one attached hydrogen (secondary N) is 1. The van der Waals surface area contributed by atoms with E-state index in [1.54, 1.807) is 30.3 Å². The third kappa shape index (κ3) is 4.19. The minimum atomic E-state index is -0.905. The van der Waals surface area contributed by atoms with Crippen LogP contribution in [0.3, 0.4) is 0 Å². The fraction of sp³-hybridized carbons (Fsp3) is 0.0435. The van der Waals surface area contributed by atoms with Gasteiger partial charge in [0, 0.05) is 24.5 Å². The molecule has 4 aromatic rings. The molecule has 0 atom stereocenters. The fourth-order valence-electron chi connectivity index (χ4n) is 3.30. The van der Waals surface area contributed by atoms with Gasteiger partial charge in [-0.05, 0) is 35.9 Å². The largest absolute Gasteiger partial charge is 0.320 e. The number of rotatable bonds is 5. The molecule has 0 fully saturated rings. The number of ketones is 1. The molecular formula is C23H13Cl3N4O2. The summed E-state index contributed by atoms with van der Waals surface area (Å²) in [5.41, 5.74) is 3.17. The molecule has 6 nitrogen and oxygen atoms in total. The first kappa shape index (κ1) is 21.8. The first-order valence-electron chi connectivity index (χ1n) is 9.32. The Morgan fingerprint density at radius 2 is 1.84 bits per heavy atom. The van der Waals surface area contributed by atoms with Crippen molar-refractivity contribution in [1.29, 1.82) is 5.26 Å². The molecule has 0 aliphatic carbocycles. The summed E-state index contributed by atoms with van der Waals surface area (Å²) >= 11 is 18.0. The highest BCUT2D eigenvalue weighted by atomic mass is 35.5. The Bertz CT molecular complexity index is 1410. The number of aromatic nitrogens is 2. The highest BCUT2D eigenvalue weighted by Crippen LogP contribution is 2.34. The molecule has 3 heterocycles. The summed E-state index contributed by atoms with van der Waals surface area (Å²) < 4.78 is 1.85. The molecule has 158 valence electrons. The lowest BCUT2D eigenvalue weighted by atomic mass is 10.1. The van der Waals surface area contributed by atoms with E-state index in [9.17, 15) is 9.59 Å². The van der Waals surface area contributed by atoms with Crippen LogP contribution in [-0.2, 0) is 11.2 Å². The molecule has 0 saturated heterocycles. The maximum atomic E-state index is 13.0. The predicted octanol–water partition coefficient (Wildman–Crippen LogP) is 5.58. The Balaban J connectivity index is 1.67. The van der Waals surface area contributed by atoms with Crippen LogP contribution in [0.1, 0.15) is 27.2 Å². The van der Waals surface area contributed by atoms with Gasteiger partial charge in [0.15, 0.2) is 0 Å². The molecule has 0 aliphatic rings. The summed E-state index contributed by atoms with van der Waals surface area (Å²) in [7, 11) is 0. The average Bonchev–Trinajstić information content (AvgIpc) is 3.17. The zero-order valence-electron chi connectivity index (χ0n) is 16.3. The van der Waals surface area contributed by atoms with Gasteiger partial charge in [-0.25, -0.2) is 4.98 Å². The Kier molecular flexibility index (Phi) is 6.15. The van der Waals surface area contributed by atoms with Crippen molar-refractivity contribution in [2.24, 2.45) is 0 Å². The van der Waals surface area contributed by atoms with Crippen LogP contribution in [0.4, 0.5) is 5.69 Å². The maximum Gasteiger partial charge on any atom is 0.296 e. The topological polar surface area (TPSA) is 87.3 Å². The molecule has 0 saturated carbocycles. The molecule has 1 aromatic carbocycles. The predicted molar refractivity (Wildman–Crippen MR) is 124 cm³/mol. The van der Waals surface area contributed by atoms with Crippen molar-refractivity contribution in [1.82, 2.24) is 9.38 Å². The molecular weight excluding hydrogens is 471 g/mol. The van der Waals surface area contributed by atoms with Crippen molar-refractivity contribution in [3.8, 4) is 6.07 Å². The molecule has 0 unspecified atom stereocenters. The minimum Gasteiger partial charge on any atom is -0.320 e. The third-order valence-corrected chi connectivity index (χ3v) is 5.88. The van der Waals surface area contributed by atoms with E-state index in [2.05, 4.69) is 16.4 Å². The van der Waals surface area contributed by atoms with E-state index in [1.165, 1.54) is 6.20 Å². The number of hydrogen-bond acceptors (Lipinski definition) is 4. The number of nitriles is 1. The van der Waals surface area contributed by atoms with Gasteiger partial charge in [0.25, 0.3) is 11.7 Å². The number of hydrogen-bond donors (Lipinski definition) is 1. The van der Waals surface area contributed by atoms with Gasteiger partial charge < -0.3 is 9.72 Å². The second-order valence-corrected chi connectivity index (χ2v) is 8.00. The standard InChI is InChI=1S/C23H13Cl3N4O2/c24-17-12-28-22(26)19(25)20(17)29-23(32)21(31)16-10-15(30-8-2-1-3-18(16)30)9-13-4-6-14(11-27)7-5-13/h1-8,10,12H,9H2,(H,28,29,32). The lowest BCUT2D eigenvalue weighted by Gasteiger charge is -2.09. The van der Waals surface area contributed by atoms with Crippen LogP contribution in [0.2, 0.25) is 15.2 Å². The number of amides is 1. The molecule has 4 rings (SSSR count). The zero-order chi connectivity index (χ0) is 22.8. The van der Waals surface area contributed by atoms with Crippen molar-refractivity contribution in [3.05, 3.63) is 98.5 Å². The van der Waals surface area contributed by atoms with Crippen LogP contribution in [0.25, 0.3) is 5.52 Å². The Morgan fingerprint density at radius 1 is 1.09 bits per heavy atom. The SMILES string of the molecule is N#Cc1ccc(Cc2cc(C(=O)C(=O)Nc3c(Cl)cnc(Cl)c3Cl)c3ccccn23)cc1. The Morgan fingerprint density at radius 3 is 2.56 bits per heavy atom. The molecule has 0 bridgehead atoms. The zero-order valence-corrected chi connectivity index (χ0v) is 18.5. The first-order chi connectivity index (χ1) is 15.4. The molecule has 32 heavy (non-hydrogen) atoms. The van der Waals surface area contributed by atoms with Gasteiger partial charge in [-0.3, -0.25) is 9.59 Å². The number of fused-ring (bicyclic) bond motifs is 1. The van der Waals surface area contributed by atoms with Crippen molar-refractivity contribution < 1.29 is 9.59 Å². The van der Waals surface area contributed by atoms with Gasteiger partial charge in [0.1, 0.15) is 10.2 Å². The second-order valence-electron chi connectivity index (χ2n) is 6.86. The molecule has 3 aromatic heterocycles. The molecule has 0 radical (unpaired) electrons. The summed E-state index contributed by atoms with van der Waals surface area (Å²) in [6.07, 6.45) is 3.56. The van der Waals surface area contributed by atoms with E-state index in [0.717, 1.165) is 11.3 Å². The van der Waals surface area contributed by atoms with E-state index in [-0.39, 0.29) is 26.4 Å². The average molecular weight is 484 g/mol. The van der Waals surface area contributed by atoms with E-state index in [0.29, 0.717) is 17.5 Å². The summed E-state index contributed by atoms with van der Waals surface area (Å²) in [6, 6.07) is 16.3. The smallest absolute Gasteiger partial charge is 0.296 e. The number of pyridine rings is 2. The number of nitrogens with zero attached hydrogens (tertiary/aromatic N) is 3. The number of halogens is 3. The van der Waals surface area contributed by atoms with Crippen LogP contribution < -0.4 is 5.32 Å². The highest BCUT2D eigenvalue weighted by Gasteiger charge is 2.24. The van der Waals surface area contributed by atoms with Crippen LogP contribution in [0.5, 0.6) is 0 Å².